The first kappa shape index (κ1) is 24.3. The summed E-state index contributed by atoms with van der Waals surface area (Å²) >= 11 is 0. The van der Waals surface area contributed by atoms with E-state index < -0.39 is 15.4 Å². The van der Waals surface area contributed by atoms with E-state index in [1.807, 2.05) is 43.3 Å². The number of hydrogen-bond acceptors (Lipinski definition) is 4. The Bertz CT molecular complexity index is 1040. The van der Waals surface area contributed by atoms with E-state index in [4.69, 9.17) is 4.74 Å². The van der Waals surface area contributed by atoms with Crippen molar-refractivity contribution in [2.75, 3.05) is 20.2 Å². The summed E-state index contributed by atoms with van der Waals surface area (Å²) < 4.78 is 33.2. The van der Waals surface area contributed by atoms with Crippen molar-refractivity contribution in [2.45, 2.75) is 57.4 Å². The third-order valence-corrected chi connectivity index (χ3v) is 8.04. The molecule has 0 bridgehead atoms. The van der Waals surface area contributed by atoms with Gasteiger partial charge in [-0.3, -0.25) is 4.79 Å². The van der Waals surface area contributed by atoms with Gasteiger partial charge in [0.05, 0.1) is 17.4 Å². The monoisotopic (exact) mass is 458 g/mol. The highest BCUT2D eigenvalue weighted by Gasteiger charge is 2.41. The van der Waals surface area contributed by atoms with Crippen LogP contribution in [0.3, 0.4) is 0 Å². The Morgan fingerprint density at radius 2 is 1.72 bits per heavy atom. The summed E-state index contributed by atoms with van der Waals surface area (Å²) in [6.07, 6.45) is 1.29. The van der Waals surface area contributed by atoms with Crippen molar-refractivity contribution in [3.63, 3.8) is 0 Å². The first-order chi connectivity index (χ1) is 15.0. The van der Waals surface area contributed by atoms with Gasteiger partial charge in [0.25, 0.3) is 0 Å². The lowest BCUT2D eigenvalue weighted by Crippen LogP contribution is -2.51. The van der Waals surface area contributed by atoms with E-state index in [0.29, 0.717) is 25.9 Å². The van der Waals surface area contributed by atoms with Crippen molar-refractivity contribution in [1.82, 2.24) is 9.62 Å². The van der Waals surface area contributed by atoms with Crippen molar-refractivity contribution < 1.29 is 17.9 Å². The normalized spacial score (nSPS) is 20.0. The van der Waals surface area contributed by atoms with E-state index in [2.05, 4.69) is 26.1 Å². The van der Waals surface area contributed by atoms with Gasteiger partial charge in [-0.1, -0.05) is 45.0 Å². The molecule has 1 aliphatic rings. The van der Waals surface area contributed by atoms with Crippen molar-refractivity contribution in [1.29, 1.82) is 0 Å². The molecule has 0 saturated carbocycles. The Balaban J connectivity index is 1.70. The van der Waals surface area contributed by atoms with Gasteiger partial charge in [-0.15, -0.1) is 0 Å². The SMILES string of the molecule is COc1ccc(CNC(=O)C2(C)CCCN(S(=O)(=O)c3ccc(C(C)(C)C)cc3)C2)cc1. The van der Waals surface area contributed by atoms with Crippen LogP contribution in [0.1, 0.15) is 51.7 Å². The Labute approximate surface area is 192 Å². The van der Waals surface area contributed by atoms with E-state index in [-0.39, 0.29) is 22.8 Å². The first-order valence-electron chi connectivity index (χ1n) is 11.0. The number of rotatable bonds is 6. The van der Waals surface area contributed by atoms with Crippen molar-refractivity contribution in [3.8, 4) is 5.75 Å². The predicted octanol–water partition coefficient (Wildman–Crippen LogP) is 4.10. The van der Waals surface area contributed by atoms with Gasteiger partial charge < -0.3 is 10.1 Å². The Morgan fingerprint density at radius 3 is 2.28 bits per heavy atom. The third kappa shape index (κ3) is 5.33. The molecule has 1 saturated heterocycles. The molecule has 1 N–H and O–H groups in total. The largest absolute Gasteiger partial charge is 0.497 e. The van der Waals surface area contributed by atoms with Crippen molar-refractivity contribution in [3.05, 3.63) is 59.7 Å². The number of methoxy groups -OCH3 is 1. The molecule has 1 amide bonds. The van der Waals surface area contributed by atoms with E-state index in [1.165, 1.54) is 4.31 Å². The summed E-state index contributed by atoms with van der Waals surface area (Å²) in [5, 5.41) is 2.98. The van der Waals surface area contributed by atoms with Crippen LogP contribution >= 0.6 is 0 Å². The summed E-state index contributed by atoms with van der Waals surface area (Å²) in [5.74, 6) is 0.631. The van der Waals surface area contributed by atoms with Crippen LogP contribution in [0.5, 0.6) is 5.75 Å². The smallest absolute Gasteiger partial charge is 0.243 e. The fraction of sp³-hybridized carbons (Fsp3) is 0.480. The van der Waals surface area contributed by atoms with Crippen LogP contribution in [0, 0.1) is 5.41 Å². The maximum absolute atomic E-state index is 13.3. The van der Waals surface area contributed by atoms with E-state index in [0.717, 1.165) is 16.9 Å². The average molecular weight is 459 g/mol. The lowest BCUT2D eigenvalue weighted by atomic mass is 9.82. The first-order valence-corrected chi connectivity index (χ1v) is 12.4. The summed E-state index contributed by atoms with van der Waals surface area (Å²) in [6, 6.07) is 14.6. The van der Waals surface area contributed by atoms with Crippen molar-refractivity contribution in [2.24, 2.45) is 5.41 Å². The molecule has 7 heteroatoms. The number of benzene rings is 2. The molecule has 0 radical (unpaired) electrons. The van der Waals surface area contributed by atoms with Gasteiger partial charge >= 0.3 is 0 Å². The van der Waals surface area contributed by atoms with Gasteiger partial charge in [-0.05, 0) is 60.6 Å². The number of amides is 1. The van der Waals surface area contributed by atoms with Crippen LogP contribution in [0.15, 0.2) is 53.4 Å². The molecular formula is C25H34N2O4S. The van der Waals surface area contributed by atoms with Gasteiger partial charge in [-0.2, -0.15) is 4.31 Å². The number of carbonyl (C=O) groups excluding carboxylic acids is 1. The minimum Gasteiger partial charge on any atom is -0.497 e. The molecule has 174 valence electrons. The topological polar surface area (TPSA) is 75.7 Å². The zero-order chi connectivity index (χ0) is 23.6. The minimum absolute atomic E-state index is 0.0477. The molecule has 1 unspecified atom stereocenters. The number of piperidine rings is 1. The van der Waals surface area contributed by atoms with Gasteiger partial charge in [0.15, 0.2) is 0 Å². The van der Waals surface area contributed by atoms with Gasteiger partial charge in [0.1, 0.15) is 5.75 Å². The van der Waals surface area contributed by atoms with Gasteiger partial charge in [-0.25, -0.2) is 8.42 Å². The maximum Gasteiger partial charge on any atom is 0.243 e. The van der Waals surface area contributed by atoms with E-state index in [1.54, 1.807) is 19.2 Å². The third-order valence-electron chi connectivity index (χ3n) is 6.18. The van der Waals surface area contributed by atoms with Crippen LogP contribution in [0.25, 0.3) is 0 Å². The lowest BCUT2D eigenvalue weighted by molar-refractivity contribution is -0.132. The molecule has 2 aromatic carbocycles. The number of nitrogens with one attached hydrogen (secondary N) is 1. The van der Waals surface area contributed by atoms with Crippen LogP contribution < -0.4 is 10.1 Å². The molecule has 0 spiro atoms. The quantitative estimate of drug-likeness (QED) is 0.707. The zero-order valence-electron chi connectivity index (χ0n) is 19.6. The van der Waals surface area contributed by atoms with Crippen LogP contribution in [-0.2, 0) is 26.8 Å². The molecule has 1 aliphatic heterocycles. The summed E-state index contributed by atoms with van der Waals surface area (Å²) in [5.41, 5.74) is 1.22. The summed E-state index contributed by atoms with van der Waals surface area (Å²) in [4.78, 5) is 13.3. The molecule has 32 heavy (non-hydrogen) atoms. The van der Waals surface area contributed by atoms with Gasteiger partial charge in [0, 0.05) is 19.6 Å². The molecule has 1 atom stereocenters. The van der Waals surface area contributed by atoms with Crippen LogP contribution in [-0.4, -0.2) is 38.8 Å². The average Bonchev–Trinajstić information content (AvgIpc) is 2.77. The van der Waals surface area contributed by atoms with E-state index >= 15 is 0 Å². The molecule has 6 nitrogen and oxygen atoms in total. The molecule has 1 heterocycles. The van der Waals surface area contributed by atoms with E-state index in [9.17, 15) is 13.2 Å². The molecule has 0 aromatic heterocycles. The lowest BCUT2D eigenvalue weighted by Gasteiger charge is -2.38. The van der Waals surface area contributed by atoms with Gasteiger partial charge in [0.2, 0.25) is 15.9 Å². The fourth-order valence-electron chi connectivity index (χ4n) is 4.00. The molecular weight excluding hydrogens is 424 g/mol. The molecule has 0 aliphatic carbocycles. The molecule has 2 aromatic rings. The Morgan fingerprint density at radius 1 is 1.09 bits per heavy atom. The summed E-state index contributed by atoms with van der Waals surface area (Å²) in [7, 11) is -2.05. The van der Waals surface area contributed by atoms with Crippen LogP contribution in [0.4, 0.5) is 0 Å². The van der Waals surface area contributed by atoms with Crippen molar-refractivity contribution >= 4 is 15.9 Å². The number of ether oxygens (including phenoxy) is 1. The summed E-state index contributed by atoms with van der Waals surface area (Å²) in [6.45, 7) is 9.11. The fourth-order valence-corrected chi connectivity index (χ4v) is 5.60. The second kappa shape index (κ2) is 9.24. The number of nitrogens with zero attached hydrogens (tertiary/aromatic N) is 1. The molecule has 3 rings (SSSR count). The highest BCUT2D eigenvalue weighted by molar-refractivity contribution is 7.89. The second-order valence-electron chi connectivity index (χ2n) is 9.81. The second-order valence-corrected chi connectivity index (χ2v) is 11.7. The molecule has 1 fully saturated rings. The number of sulfonamides is 1. The van der Waals surface area contributed by atoms with Crippen LogP contribution in [0.2, 0.25) is 0 Å². The zero-order valence-corrected chi connectivity index (χ0v) is 20.5. The number of carbonyl (C=O) groups is 1. The Kier molecular flexibility index (Phi) is 7.00. The standard InChI is InChI=1S/C25H34N2O4S/c1-24(2,3)20-9-13-22(14-10-20)32(29,30)27-16-6-15-25(4,18-27)23(28)26-17-19-7-11-21(31-5)12-8-19/h7-14H,6,15-18H2,1-5H3,(H,26,28). The maximum atomic E-state index is 13.3. The highest BCUT2D eigenvalue weighted by atomic mass is 32.2. The number of hydrogen-bond donors (Lipinski definition) is 1. The Hall–Kier alpha value is -2.38. The minimum atomic E-state index is -3.66. The predicted molar refractivity (Wildman–Crippen MR) is 126 cm³/mol. The highest BCUT2D eigenvalue weighted by Crippen LogP contribution is 2.33.